The first kappa shape index (κ1) is 36.2. The van der Waals surface area contributed by atoms with Gasteiger partial charge >= 0.3 is 71.2 Å². The van der Waals surface area contributed by atoms with Crippen molar-refractivity contribution in [2.45, 2.75) is 65.2 Å². The quantitative estimate of drug-likeness (QED) is 0.220. The zero-order valence-electron chi connectivity index (χ0n) is 29.0. The molecule has 8 rings (SSSR count). The molecule has 2 saturated heterocycles. The van der Waals surface area contributed by atoms with Crippen LogP contribution in [0.1, 0.15) is 76.4 Å². The molecule has 0 bridgehead atoms. The smallest absolute Gasteiger partial charge is 0.545 e. The number of hydrogen-bond acceptors (Lipinski definition) is 6. The van der Waals surface area contributed by atoms with Crippen LogP contribution in [0, 0.1) is 27.7 Å². The summed E-state index contributed by atoms with van der Waals surface area (Å²) >= 11 is 0. The molecule has 0 saturated carbocycles. The van der Waals surface area contributed by atoms with Gasteiger partial charge in [0, 0.05) is 11.1 Å². The number of aryl methyl sites for hydroxylation is 4. The van der Waals surface area contributed by atoms with E-state index in [1.807, 2.05) is 52.0 Å². The van der Waals surface area contributed by atoms with Crippen molar-refractivity contribution in [3.8, 4) is 0 Å². The largest absolute Gasteiger partial charge is 1.00 e. The molecule has 4 aromatic carbocycles. The number of urea groups is 2. The third-order valence-corrected chi connectivity index (χ3v) is 11.1. The monoisotopic (exact) mass is 686 g/mol. The van der Waals surface area contributed by atoms with Gasteiger partial charge in [-0.15, -0.1) is 0 Å². The van der Waals surface area contributed by atoms with Crippen LogP contribution in [0.2, 0.25) is 0 Å². The topological polar surface area (TPSA) is 127 Å². The van der Waals surface area contributed by atoms with Crippen molar-refractivity contribution in [1.29, 1.82) is 0 Å². The maximum absolute atomic E-state index is 15.4. The normalized spacial score (nSPS) is 21.4. The van der Waals surface area contributed by atoms with Crippen LogP contribution in [-0.4, -0.2) is 43.6 Å². The first-order valence-electron chi connectivity index (χ1n) is 15.9. The van der Waals surface area contributed by atoms with Gasteiger partial charge in [0.15, 0.2) is 11.3 Å². The van der Waals surface area contributed by atoms with E-state index >= 15 is 9.59 Å². The Hall–Kier alpha value is -3.64. The van der Waals surface area contributed by atoms with E-state index in [1.165, 1.54) is 24.3 Å². The van der Waals surface area contributed by atoms with Gasteiger partial charge < -0.3 is 19.8 Å². The van der Waals surface area contributed by atoms with Gasteiger partial charge in [-0.25, -0.2) is 9.59 Å². The minimum absolute atomic E-state index is 0. The number of carbonyl (C=O) groups excluding carboxylic acids is 4. The number of benzene rings is 4. The van der Waals surface area contributed by atoms with Gasteiger partial charge in [-0.05, 0) is 83.3 Å². The van der Waals surface area contributed by atoms with Gasteiger partial charge in [-0.2, -0.15) is 0 Å². The molecule has 0 radical (unpaired) electrons. The van der Waals surface area contributed by atoms with E-state index in [0.717, 1.165) is 44.5 Å². The predicted octanol–water partition coefficient (Wildman–Crippen LogP) is -2.44. The fraction of sp³-hybridized carbons (Fsp3) is 0.263. The molecule has 10 nitrogen and oxygen atoms in total. The first-order valence-corrected chi connectivity index (χ1v) is 15.9. The van der Waals surface area contributed by atoms with E-state index in [-0.39, 0.29) is 108 Å². The third kappa shape index (κ3) is 4.55. The summed E-state index contributed by atoms with van der Waals surface area (Å²) < 4.78 is 0. The van der Waals surface area contributed by atoms with E-state index < -0.39 is 23.3 Å². The van der Waals surface area contributed by atoms with Gasteiger partial charge in [0.05, 0.1) is 38.1 Å². The van der Waals surface area contributed by atoms with Crippen molar-refractivity contribution >= 4 is 24.0 Å². The molecule has 12 heteroatoms. The van der Waals surface area contributed by atoms with Crippen LogP contribution in [0.5, 0.6) is 0 Å². The summed E-state index contributed by atoms with van der Waals surface area (Å²) in [5, 5.41) is 23.8. The Morgan fingerprint density at radius 1 is 0.480 bits per heavy atom. The standard InChI is InChI=1S/C38H34N4O6.2Na/c1-21-5-6-22(2)30-18-40-36(48)42-20-32-24(4)8-7-23(3)31(32)19-41-35(47)39(17-29(21)30)37(40,27-13-9-25(10-14-27)33(43)44)38(41,42)28-15-11-26(12-16-28)34(45)46;;/h5-16H,17-20H2,1-4H3,(H,43,44)(H,45,46);;/q;2*+1/p-2. The molecule has 50 heavy (non-hydrogen) atoms. The second-order valence-electron chi connectivity index (χ2n) is 13.3. The van der Waals surface area contributed by atoms with Crippen LogP contribution in [0.4, 0.5) is 9.59 Å². The number of nitrogens with zero attached hydrogens (tertiary/aromatic N) is 4. The van der Waals surface area contributed by atoms with Crippen LogP contribution in [0.3, 0.4) is 0 Å². The van der Waals surface area contributed by atoms with Crippen molar-refractivity contribution < 1.29 is 88.5 Å². The molecule has 4 amide bonds. The number of carboxylic acids is 2. The molecule has 4 aliphatic rings. The summed E-state index contributed by atoms with van der Waals surface area (Å²) in [5.74, 6) is -2.68. The molecule has 4 aromatic rings. The second-order valence-corrected chi connectivity index (χ2v) is 13.3. The Kier molecular flexibility index (Phi) is 9.07. The Balaban J connectivity index is 0.00000216. The number of aromatic carboxylic acids is 2. The SMILES string of the molecule is Cc1ccc(C)c2c1CN1C(=O)N3Cc4c(C)ccc(C)c4CN4C(=O)N(C2)C1(c1ccc(C(=O)[O-])cc1)C34c1ccc(C(=O)[O-])cc1.[Na+].[Na+]. The number of amides is 4. The molecule has 2 fully saturated rings. The van der Waals surface area contributed by atoms with Crippen molar-refractivity contribution in [3.05, 3.63) is 140 Å². The Bertz CT molecular complexity index is 1880. The van der Waals surface area contributed by atoms with E-state index in [2.05, 4.69) is 0 Å². The maximum atomic E-state index is 15.4. The van der Waals surface area contributed by atoms with Crippen molar-refractivity contribution in [2.75, 3.05) is 0 Å². The molecule has 0 unspecified atom stereocenters. The molecule has 0 atom stereocenters. The molecule has 242 valence electrons. The fourth-order valence-corrected chi connectivity index (χ4v) is 8.69. The van der Waals surface area contributed by atoms with E-state index in [4.69, 9.17) is 0 Å². The number of carbonyl (C=O) groups is 4. The minimum atomic E-state index is -1.50. The second kappa shape index (κ2) is 12.5. The van der Waals surface area contributed by atoms with Gasteiger partial charge in [-0.3, -0.25) is 19.6 Å². The summed E-state index contributed by atoms with van der Waals surface area (Å²) in [6.45, 7) is 8.76. The Morgan fingerprint density at radius 3 is 0.940 bits per heavy atom. The van der Waals surface area contributed by atoms with Crippen LogP contribution < -0.4 is 69.3 Å². The molecule has 0 aromatic heterocycles. The molecule has 4 aliphatic heterocycles. The molecule has 0 N–H and O–H groups in total. The van der Waals surface area contributed by atoms with Gasteiger partial charge in [0.25, 0.3) is 0 Å². The molecule has 4 heterocycles. The number of rotatable bonds is 4. The van der Waals surface area contributed by atoms with E-state index in [1.54, 1.807) is 43.9 Å². The summed E-state index contributed by atoms with van der Waals surface area (Å²) in [6, 6.07) is 20.0. The summed E-state index contributed by atoms with van der Waals surface area (Å²) in [5.41, 5.74) is 5.79. The van der Waals surface area contributed by atoms with Gasteiger partial charge in [0.2, 0.25) is 0 Å². The molecular weight excluding hydrogens is 654 g/mol. The zero-order chi connectivity index (χ0) is 33.9. The fourth-order valence-electron chi connectivity index (χ4n) is 8.69. The molecular formula is C38H32N4Na2O6. The Morgan fingerprint density at radius 2 is 0.720 bits per heavy atom. The van der Waals surface area contributed by atoms with Crippen molar-refractivity contribution in [2.24, 2.45) is 0 Å². The van der Waals surface area contributed by atoms with Crippen LogP contribution >= 0.6 is 0 Å². The van der Waals surface area contributed by atoms with Crippen LogP contribution in [-0.2, 0) is 37.5 Å². The number of fused-ring (bicyclic) bond motifs is 2. The number of hydrogen-bond donors (Lipinski definition) is 0. The number of carboxylic acid groups (broad SMARTS) is 2. The summed E-state index contributed by atoms with van der Waals surface area (Å²) in [7, 11) is 0. The summed E-state index contributed by atoms with van der Waals surface area (Å²) in [6.07, 6.45) is 0. The van der Waals surface area contributed by atoms with Crippen molar-refractivity contribution in [1.82, 2.24) is 19.6 Å². The molecule has 0 aliphatic carbocycles. The minimum Gasteiger partial charge on any atom is -0.545 e. The zero-order valence-corrected chi connectivity index (χ0v) is 33.0. The van der Waals surface area contributed by atoms with Crippen molar-refractivity contribution in [3.63, 3.8) is 0 Å². The van der Waals surface area contributed by atoms with Crippen LogP contribution in [0.15, 0.2) is 72.8 Å². The van der Waals surface area contributed by atoms with Gasteiger partial charge in [-0.1, -0.05) is 72.8 Å². The average Bonchev–Trinajstić information content (AvgIpc) is 3.24. The third-order valence-electron chi connectivity index (χ3n) is 11.1. The maximum Gasteiger partial charge on any atom is 1.00 e. The van der Waals surface area contributed by atoms with E-state index in [9.17, 15) is 19.8 Å². The van der Waals surface area contributed by atoms with E-state index in [0.29, 0.717) is 11.1 Å². The first-order chi connectivity index (χ1) is 22.9. The molecule has 0 spiro atoms. The van der Waals surface area contributed by atoms with Crippen LogP contribution in [0.25, 0.3) is 0 Å². The average molecular weight is 687 g/mol. The Labute approximate surface area is 334 Å². The van der Waals surface area contributed by atoms with Gasteiger partial charge in [0.1, 0.15) is 0 Å². The summed E-state index contributed by atoms with van der Waals surface area (Å²) in [4.78, 5) is 61.5. The predicted molar refractivity (Wildman–Crippen MR) is 170 cm³/mol.